The molecule has 106 valence electrons. The van der Waals surface area contributed by atoms with Gasteiger partial charge in [-0.1, -0.05) is 25.1 Å². The second-order valence-electron chi connectivity index (χ2n) is 5.95. The van der Waals surface area contributed by atoms with E-state index in [9.17, 15) is 0 Å². The molecule has 2 atom stereocenters. The molecule has 0 aromatic heterocycles. The van der Waals surface area contributed by atoms with Gasteiger partial charge >= 0.3 is 0 Å². The van der Waals surface area contributed by atoms with Gasteiger partial charge in [0.05, 0.1) is 0 Å². The summed E-state index contributed by atoms with van der Waals surface area (Å²) in [7, 11) is 0. The average Bonchev–Trinajstić information content (AvgIpc) is 2.42. The van der Waals surface area contributed by atoms with Crippen LogP contribution in [0.2, 0.25) is 0 Å². The topological polar surface area (TPSA) is 15.3 Å². The van der Waals surface area contributed by atoms with E-state index in [4.69, 9.17) is 0 Å². The summed E-state index contributed by atoms with van der Waals surface area (Å²) in [6, 6.07) is 9.15. The van der Waals surface area contributed by atoms with E-state index in [0.717, 1.165) is 5.92 Å². The van der Waals surface area contributed by atoms with Crippen molar-refractivity contribution in [3.8, 4) is 0 Å². The van der Waals surface area contributed by atoms with Gasteiger partial charge in [-0.25, -0.2) is 0 Å². The predicted octanol–water partition coefficient (Wildman–Crippen LogP) is 3.92. The molecule has 1 aromatic carbocycles. The standard InChI is InChI=1S/C17H28N2/c1-4-11-19-12-7-9-16(13-19)15(3)18-17-10-6-5-8-14(17)2/h5-6,8,10,15-16,18H,4,7,9,11-13H2,1-3H3. The van der Waals surface area contributed by atoms with Crippen LogP contribution < -0.4 is 5.32 Å². The third-order valence-corrected chi connectivity index (χ3v) is 4.32. The minimum atomic E-state index is 0.556. The molecule has 0 amide bonds. The Bertz CT molecular complexity index is 387. The fourth-order valence-electron chi connectivity index (χ4n) is 3.12. The molecule has 1 aromatic rings. The number of para-hydroxylation sites is 1. The summed E-state index contributed by atoms with van der Waals surface area (Å²) in [5.74, 6) is 0.778. The molecule has 0 bridgehead atoms. The maximum atomic E-state index is 3.72. The summed E-state index contributed by atoms with van der Waals surface area (Å²) < 4.78 is 0. The van der Waals surface area contributed by atoms with Crippen LogP contribution in [0.1, 0.15) is 38.7 Å². The molecule has 0 radical (unpaired) electrons. The number of anilines is 1. The Balaban J connectivity index is 1.92. The zero-order chi connectivity index (χ0) is 13.7. The number of piperidine rings is 1. The minimum Gasteiger partial charge on any atom is -0.382 e. The zero-order valence-electron chi connectivity index (χ0n) is 12.7. The SMILES string of the molecule is CCCN1CCCC(C(C)Nc2ccccc2C)C1. The summed E-state index contributed by atoms with van der Waals surface area (Å²) in [4.78, 5) is 2.63. The van der Waals surface area contributed by atoms with Crippen molar-refractivity contribution < 1.29 is 0 Å². The highest BCUT2D eigenvalue weighted by atomic mass is 15.1. The first-order valence-corrected chi connectivity index (χ1v) is 7.75. The van der Waals surface area contributed by atoms with E-state index in [1.54, 1.807) is 0 Å². The highest BCUT2D eigenvalue weighted by Crippen LogP contribution is 2.23. The molecule has 1 saturated heterocycles. The van der Waals surface area contributed by atoms with Gasteiger partial charge in [-0.3, -0.25) is 0 Å². The van der Waals surface area contributed by atoms with Gasteiger partial charge in [-0.15, -0.1) is 0 Å². The van der Waals surface area contributed by atoms with Gasteiger partial charge in [-0.2, -0.15) is 0 Å². The number of rotatable bonds is 5. The quantitative estimate of drug-likeness (QED) is 0.863. The molecule has 1 fully saturated rings. The van der Waals surface area contributed by atoms with Crippen molar-refractivity contribution in [3.63, 3.8) is 0 Å². The number of hydrogen-bond donors (Lipinski definition) is 1. The monoisotopic (exact) mass is 260 g/mol. The molecule has 1 N–H and O–H groups in total. The Kier molecular flexibility index (Phi) is 5.26. The lowest BCUT2D eigenvalue weighted by Gasteiger charge is -2.36. The molecule has 0 spiro atoms. The normalized spacial score (nSPS) is 22.2. The summed E-state index contributed by atoms with van der Waals surface area (Å²) in [6.07, 6.45) is 3.98. The van der Waals surface area contributed by atoms with Crippen LogP contribution in [0.4, 0.5) is 5.69 Å². The fraction of sp³-hybridized carbons (Fsp3) is 0.647. The Hall–Kier alpha value is -1.02. The average molecular weight is 260 g/mol. The molecular formula is C17H28N2. The highest BCUT2D eigenvalue weighted by molar-refractivity contribution is 5.50. The molecule has 1 heterocycles. The van der Waals surface area contributed by atoms with E-state index in [0.29, 0.717) is 6.04 Å². The number of likely N-dealkylation sites (tertiary alicyclic amines) is 1. The minimum absolute atomic E-state index is 0.556. The van der Waals surface area contributed by atoms with E-state index in [2.05, 4.69) is 55.3 Å². The molecule has 0 aliphatic carbocycles. The highest BCUT2D eigenvalue weighted by Gasteiger charge is 2.24. The fourth-order valence-corrected chi connectivity index (χ4v) is 3.12. The largest absolute Gasteiger partial charge is 0.382 e. The van der Waals surface area contributed by atoms with Crippen molar-refractivity contribution in [2.45, 2.75) is 46.1 Å². The first kappa shape index (κ1) is 14.4. The molecule has 19 heavy (non-hydrogen) atoms. The predicted molar refractivity (Wildman–Crippen MR) is 83.7 cm³/mol. The first-order chi connectivity index (χ1) is 9.20. The molecule has 2 heteroatoms. The van der Waals surface area contributed by atoms with Crippen molar-refractivity contribution in [1.82, 2.24) is 4.90 Å². The lowest BCUT2D eigenvalue weighted by molar-refractivity contribution is 0.165. The Labute approximate surface area is 118 Å². The molecule has 1 aliphatic heterocycles. The molecule has 2 nitrogen and oxygen atoms in total. The number of nitrogens with one attached hydrogen (secondary N) is 1. The van der Waals surface area contributed by atoms with Crippen LogP contribution in [0.25, 0.3) is 0 Å². The van der Waals surface area contributed by atoms with E-state index in [-0.39, 0.29) is 0 Å². The molecule has 0 saturated carbocycles. The van der Waals surface area contributed by atoms with Crippen LogP contribution in [-0.4, -0.2) is 30.6 Å². The third kappa shape index (κ3) is 3.97. The van der Waals surface area contributed by atoms with Gasteiger partial charge in [0.1, 0.15) is 0 Å². The van der Waals surface area contributed by atoms with Gasteiger partial charge < -0.3 is 10.2 Å². The zero-order valence-corrected chi connectivity index (χ0v) is 12.7. The summed E-state index contributed by atoms with van der Waals surface area (Å²) in [6.45, 7) is 10.6. The number of nitrogens with zero attached hydrogens (tertiary/aromatic N) is 1. The smallest absolute Gasteiger partial charge is 0.0372 e. The van der Waals surface area contributed by atoms with Crippen molar-refractivity contribution in [1.29, 1.82) is 0 Å². The summed E-state index contributed by atoms with van der Waals surface area (Å²) >= 11 is 0. The van der Waals surface area contributed by atoms with Crippen LogP contribution >= 0.6 is 0 Å². The lowest BCUT2D eigenvalue weighted by atomic mass is 9.91. The van der Waals surface area contributed by atoms with Crippen LogP contribution in [-0.2, 0) is 0 Å². The second-order valence-corrected chi connectivity index (χ2v) is 5.95. The number of benzene rings is 1. The first-order valence-electron chi connectivity index (χ1n) is 7.75. The number of hydrogen-bond acceptors (Lipinski definition) is 2. The maximum absolute atomic E-state index is 3.72. The number of aryl methyl sites for hydroxylation is 1. The maximum Gasteiger partial charge on any atom is 0.0372 e. The summed E-state index contributed by atoms with van der Waals surface area (Å²) in [5, 5.41) is 3.72. The van der Waals surface area contributed by atoms with Gasteiger partial charge in [0.25, 0.3) is 0 Å². The lowest BCUT2D eigenvalue weighted by Crippen LogP contribution is -2.42. The molecular weight excluding hydrogens is 232 g/mol. The Morgan fingerprint density at radius 3 is 2.89 bits per heavy atom. The van der Waals surface area contributed by atoms with Gasteiger partial charge in [0.15, 0.2) is 0 Å². The second kappa shape index (κ2) is 6.95. The van der Waals surface area contributed by atoms with E-state index >= 15 is 0 Å². The van der Waals surface area contributed by atoms with Crippen LogP contribution in [0.3, 0.4) is 0 Å². The van der Waals surface area contributed by atoms with Crippen molar-refractivity contribution >= 4 is 5.69 Å². The van der Waals surface area contributed by atoms with E-state index in [1.165, 1.54) is 50.1 Å². The van der Waals surface area contributed by atoms with Crippen molar-refractivity contribution in [2.24, 2.45) is 5.92 Å². The molecule has 1 aliphatic rings. The van der Waals surface area contributed by atoms with E-state index in [1.807, 2.05) is 0 Å². The van der Waals surface area contributed by atoms with Crippen molar-refractivity contribution in [2.75, 3.05) is 25.0 Å². The van der Waals surface area contributed by atoms with Gasteiger partial charge in [-0.05, 0) is 63.7 Å². The van der Waals surface area contributed by atoms with Gasteiger partial charge in [0, 0.05) is 18.3 Å². The van der Waals surface area contributed by atoms with Crippen molar-refractivity contribution in [3.05, 3.63) is 29.8 Å². The van der Waals surface area contributed by atoms with Crippen LogP contribution in [0, 0.1) is 12.8 Å². The Morgan fingerprint density at radius 1 is 1.37 bits per heavy atom. The van der Waals surface area contributed by atoms with Crippen LogP contribution in [0.15, 0.2) is 24.3 Å². The third-order valence-electron chi connectivity index (χ3n) is 4.32. The Morgan fingerprint density at radius 2 is 2.16 bits per heavy atom. The van der Waals surface area contributed by atoms with Crippen LogP contribution in [0.5, 0.6) is 0 Å². The van der Waals surface area contributed by atoms with E-state index < -0.39 is 0 Å². The molecule has 2 rings (SSSR count). The van der Waals surface area contributed by atoms with Gasteiger partial charge in [0.2, 0.25) is 0 Å². The molecule has 2 unspecified atom stereocenters. The summed E-state index contributed by atoms with van der Waals surface area (Å²) in [5.41, 5.74) is 2.64.